The fourth-order valence-electron chi connectivity index (χ4n) is 6.22. The van der Waals surface area contributed by atoms with Crippen molar-refractivity contribution in [1.29, 1.82) is 0 Å². The maximum atomic E-state index is 12.9. The highest BCUT2D eigenvalue weighted by molar-refractivity contribution is 7.13. The van der Waals surface area contributed by atoms with Crippen molar-refractivity contribution < 1.29 is 4.79 Å². The second kappa shape index (κ2) is 3.85. The fraction of sp³-hybridized carbons (Fsp3) is 0.750. The van der Waals surface area contributed by atoms with E-state index in [-0.39, 0.29) is 11.3 Å². The van der Waals surface area contributed by atoms with Crippen LogP contribution >= 0.6 is 11.3 Å². The Bertz CT molecular complexity index is 535. The van der Waals surface area contributed by atoms with Crippen molar-refractivity contribution in [2.24, 2.45) is 22.2 Å². The number of nitrogens with one attached hydrogen (secondary N) is 1. The predicted molar refractivity (Wildman–Crippen MR) is 80.6 cm³/mol. The third-order valence-corrected chi connectivity index (χ3v) is 6.45. The smallest absolute Gasteiger partial charge is 0.232 e. The molecule has 0 radical (unpaired) electrons. The third kappa shape index (κ3) is 1.84. The van der Waals surface area contributed by atoms with Gasteiger partial charge in [-0.3, -0.25) is 4.79 Å². The first kappa shape index (κ1) is 12.8. The van der Waals surface area contributed by atoms with E-state index in [1.165, 1.54) is 30.6 Å². The van der Waals surface area contributed by atoms with E-state index in [0.29, 0.717) is 10.8 Å². The van der Waals surface area contributed by atoms with Gasteiger partial charge in [0, 0.05) is 11.6 Å². The fourth-order valence-corrected chi connectivity index (χ4v) is 6.74. The molecular weight excluding hydrogens is 268 g/mol. The van der Waals surface area contributed by atoms with Crippen molar-refractivity contribution in [3.63, 3.8) is 0 Å². The van der Waals surface area contributed by atoms with Crippen LogP contribution in [-0.2, 0) is 4.79 Å². The van der Waals surface area contributed by atoms with Crippen molar-refractivity contribution in [2.75, 3.05) is 5.32 Å². The first-order valence-electron chi connectivity index (χ1n) is 7.62. The monoisotopic (exact) mass is 290 g/mol. The number of anilines is 1. The van der Waals surface area contributed by atoms with Crippen LogP contribution in [0.2, 0.25) is 0 Å². The molecule has 4 saturated carbocycles. The van der Waals surface area contributed by atoms with Gasteiger partial charge in [0.15, 0.2) is 5.13 Å². The Morgan fingerprint density at radius 3 is 2.50 bits per heavy atom. The first-order chi connectivity index (χ1) is 9.41. The molecule has 3 nitrogen and oxygen atoms in total. The molecule has 1 aromatic rings. The van der Waals surface area contributed by atoms with Crippen LogP contribution in [0.3, 0.4) is 0 Å². The van der Waals surface area contributed by atoms with Gasteiger partial charge < -0.3 is 5.32 Å². The van der Waals surface area contributed by atoms with Crippen LogP contribution in [0.4, 0.5) is 5.13 Å². The van der Waals surface area contributed by atoms with Crippen molar-refractivity contribution in [2.45, 2.75) is 52.4 Å². The Kier molecular flexibility index (Phi) is 2.46. The molecule has 2 atom stereocenters. The van der Waals surface area contributed by atoms with Crippen LogP contribution in [0.5, 0.6) is 0 Å². The number of rotatable bonds is 2. The third-order valence-electron chi connectivity index (χ3n) is 5.76. The molecule has 0 saturated heterocycles. The summed E-state index contributed by atoms with van der Waals surface area (Å²) in [6.45, 7) is 4.81. The van der Waals surface area contributed by atoms with Gasteiger partial charge in [-0.25, -0.2) is 4.98 Å². The van der Waals surface area contributed by atoms with E-state index in [1.807, 2.05) is 5.38 Å². The number of carbonyl (C=O) groups excluding carboxylic acids is 1. The summed E-state index contributed by atoms with van der Waals surface area (Å²) < 4.78 is 0. The summed E-state index contributed by atoms with van der Waals surface area (Å²) in [5.74, 6) is 0.984. The van der Waals surface area contributed by atoms with Crippen LogP contribution in [0.25, 0.3) is 0 Å². The molecule has 4 fully saturated rings. The summed E-state index contributed by atoms with van der Waals surface area (Å²) in [6.07, 6.45) is 8.96. The van der Waals surface area contributed by atoms with Gasteiger partial charge in [0.1, 0.15) is 0 Å². The van der Waals surface area contributed by atoms with Crippen molar-refractivity contribution >= 4 is 22.4 Å². The summed E-state index contributed by atoms with van der Waals surface area (Å²) in [7, 11) is 0. The van der Waals surface area contributed by atoms with E-state index in [9.17, 15) is 4.79 Å². The average Bonchev–Trinajstić information content (AvgIpc) is 2.76. The lowest BCUT2D eigenvalue weighted by atomic mass is 9.40. The summed E-state index contributed by atoms with van der Waals surface area (Å²) in [5.41, 5.74) is 0.636. The molecule has 1 N–H and O–H groups in total. The van der Waals surface area contributed by atoms with Crippen LogP contribution < -0.4 is 5.32 Å². The molecular formula is C16H22N2OS. The summed E-state index contributed by atoms with van der Waals surface area (Å²) in [4.78, 5) is 17.1. The molecule has 0 aromatic carbocycles. The van der Waals surface area contributed by atoms with E-state index in [2.05, 4.69) is 24.1 Å². The molecule has 4 heteroatoms. The largest absolute Gasteiger partial charge is 0.301 e. The summed E-state index contributed by atoms with van der Waals surface area (Å²) in [5, 5.41) is 5.75. The van der Waals surface area contributed by atoms with Gasteiger partial charge in [0.25, 0.3) is 0 Å². The van der Waals surface area contributed by atoms with Crippen LogP contribution in [0.1, 0.15) is 52.4 Å². The highest BCUT2D eigenvalue weighted by Gasteiger charge is 2.62. The Balaban J connectivity index is 1.65. The minimum atomic E-state index is -0.130. The Labute approximate surface area is 124 Å². The number of aromatic nitrogens is 1. The molecule has 0 spiro atoms. The SMILES string of the molecule is CC12CC3CC(C)(C1)CC(C(=O)Nc1nccs1)(C3)C2. The number of thiazole rings is 1. The molecule has 20 heavy (non-hydrogen) atoms. The Hall–Kier alpha value is -0.900. The van der Waals surface area contributed by atoms with E-state index in [1.54, 1.807) is 6.20 Å². The molecule has 4 aliphatic carbocycles. The molecule has 4 aliphatic rings. The van der Waals surface area contributed by atoms with Gasteiger partial charge in [-0.05, 0) is 55.3 Å². The lowest BCUT2D eigenvalue weighted by molar-refractivity contribution is -0.165. The highest BCUT2D eigenvalue weighted by atomic mass is 32.1. The second-order valence-corrected chi connectivity index (χ2v) is 9.10. The number of carbonyl (C=O) groups is 1. The number of amides is 1. The van der Waals surface area contributed by atoms with Gasteiger partial charge >= 0.3 is 0 Å². The molecule has 108 valence electrons. The molecule has 2 unspecified atom stereocenters. The van der Waals surface area contributed by atoms with Gasteiger partial charge in [0.2, 0.25) is 5.91 Å². The molecule has 0 aliphatic heterocycles. The number of nitrogens with zero attached hydrogens (tertiary/aromatic N) is 1. The predicted octanol–water partition coefficient (Wildman–Crippen LogP) is 4.08. The Morgan fingerprint density at radius 2 is 1.95 bits per heavy atom. The van der Waals surface area contributed by atoms with Crippen molar-refractivity contribution in [3.05, 3.63) is 11.6 Å². The Morgan fingerprint density at radius 1 is 1.25 bits per heavy atom. The number of hydrogen-bond donors (Lipinski definition) is 1. The quantitative estimate of drug-likeness (QED) is 0.891. The first-order valence-corrected chi connectivity index (χ1v) is 8.50. The molecule has 5 rings (SSSR count). The standard InChI is InChI=1S/C16H22N2OS/c1-14-5-11-6-15(2,8-14)10-16(7-11,9-14)12(19)18-13-17-3-4-20-13/h3-4,11H,5-10H2,1-2H3,(H,17,18,19). The minimum Gasteiger partial charge on any atom is -0.301 e. The molecule has 1 aromatic heterocycles. The lowest BCUT2D eigenvalue weighted by Gasteiger charge is -2.64. The van der Waals surface area contributed by atoms with Crippen molar-refractivity contribution in [1.82, 2.24) is 4.98 Å². The maximum Gasteiger partial charge on any atom is 0.232 e. The summed E-state index contributed by atoms with van der Waals surface area (Å²) in [6, 6.07) is 0. The van der Waals surface area contributed by atoms with E-state index >= 15 is 0 Å². The van der Waals surface area contributed by atoms with Gasteiger partial charge in [-0.15, -0.1) is 11.3 Å². The minimum absolute atomic E-state index is 0.130. The van der Waals surface area contributed by atoms with E-state index in [4.69, 9.17) is 0 Å². The van der Waals surface area contributed by atoms with Crippen LogP contribution in [0, 0.1) is 22.2 Å². The summed E-state index contributed by atoms with van der Waals surface area (Å²) >= 11 is 1.51. The average molecular weight is 290 g/mol. The van der Waals surface area contributed by atoms with E-state index < -0.39 is 0 Å². The zero-order chi connectivity index (χ0) is 14.0. The van der Waals surface area contributed by atoms with E-state index in [0.717, 1.165) is 30.3 Å². The van der Waals surface area contributed by atoms with Gasteiger partial charge in [0.05, 0.1) is 5.41 Å². The van der Waals surface area contributed by atoms with Gasteiger partial charge in [-0.2, -0.15) is 0 Å². The van der Waals surface area contributed by atoms with Crippen LogP contribution in [0.15, 0.2) is 11.6 Å². The highest BCUT2D eigenvalue weighted by Crippen LogP contribution is 2.69. The topological polar surface area (TPSA) is 42.0 Å². The molecule has 4 bridgehead atoms. The molecule has 1 amide bonds. The maximum absolute atomic E-state index is 12.9. The zero-order valence-corrected chi connectivity index (χ0v) is 13.1. The number of hydrogen-bond acceptors (Lipinski definition) is 3. The molecule has 1 heterocycles. The van der Waals surface area contributed by atoms with Crippen molar-refractivity contribution in [3.8, 4) is 0 Å². The normalized spacial score (nSPS) is 45.6. The second-order valence-electron chi connectivity index (χ2n) is 8.20. The zero-order valence-electron chi connectivity index (χ0n) is 12.2. The lowest BCUT2D eigenvalue weighted by Crippen LogP contribution is -2.58. The van der Waals surface area contributed by atoms with Gasteiger partial charge in [-0.1, -0.05) is 13.8 Å². The van der Waals surface area contributed by atoms with Crippen LogP contribution in [-0.4, -0.2) is 10.9 Å².